The van der Waals surface area contributed by atoms with Crippen LogP contribution in [-0.4, -0.2) is 5.78 Å². The van der Waals surface area contributed by atoms with E-state index in [-0.39, 0.29) is 0 Å². The van der Waals surface area contributed by atoms with Gasteiger partial charge in [0.15, 0.2) is 5.78 Å². The van der Waals surface area contributed by atoms with E-state index < -0.39 is 0 Å². The molecule has 0 saturated carbocycles. The maximum absolute atomic E-state index is 11.1. The minimum Gasteiger partial charge on any atom is -0.295 e. The molecule has 0 aromatic heterocycles. The second-order valence-electron chi connectivity index (χ2n) is 3.85. The Hall–Kier alpha value is -0.590. The summed E-state index contributed by atoms with van der Waals surface area (Å²) >= 11 is 0. The molecule has 1 aliphatic carbocycles. The fourth-order valence-electron chi connectivity index (χ4n) is 1.54. The van der Waals surface area contributed by atoms with Crippen molar-refractivity contribution in [2.75, 3.05) is 0 Å². The fourth-order valence-corrected chi connectivity index (χ4v) is 1.54. The van der Waals surface area contributed by atoms with Gasteiger partial charge in [-0.2, -0.15) is 0 Å². The van der Waals surface area contributed by atoms with Crippen molar-refractivity contribution in [2.24, 2.45) is 11.8 Å². The standard InChI is InChI=1S/C10H16O/c1-7(2)9-4-8(3)5-10(11)6-9/h6-8H,4-5H2,1-3H3/t8-/m1/s1. The number of ketones is 1. The van der Waals surface area contributed by atoms with Crippen LogP contribution in [0.1, 0.15) is 33.6 Å². The number of hydrogen-bond acceptors (Lipinski definition) is 1. The summed E-state index contributed by atoms with van der Waals surface area (Å²) in [6.07, 6.45) is 3.70. The summed E-state index contributed by atoms with van der Waals surface area (Å²) in [4.78, 5) is 11.1. The van der Waals surface area contributed by atoms with E-state index in [0.717, 1.165) is 12.8 Å². The molecule has 11 heavy (non-hydrogen) atoms. The van der Waals surface area contributed by atoms with E-state index in [1.807, 2.05) is 6.08 Å². The van der Waals surface area contributed by atoms with Gasteiger partial charge in [-0.25, -0.2) is 0 Å². The van der Waals surface area contributed by atoms with Crippen molar-refractivity contribution in [2.45, 2.75) is 33.6 Å². The number of carbonyl (C=O) groups excluding carboxylic acids is 1. The van der Waals surface area contributed by atoms with Gasteiger partial charge in [-0.15, -0.1) is 0 Å². The van der Waals surface area contributed by atoms with Gasteiger partial charge in [0.2, 0.25) is 0 Å². The van der Waals surface area contributed by atoms with Gasteiger partial charge >= 0.3 is 0 Å². The molecule has 0 bridgehead atoms. The lowest BCUT2D eigenvalue weighted by molar-refractivity contribution is -0.115. The highest BCUT2D eigenvalue weighted by Crippen LogP contribution is 2.26. The highest BCUT2D eigenvalue weighted by atomic mass is 16.1. The van der Waals surface area contributed by atoms with E-state index in [4.69, 9.17) is 0 Å². The predicted octanol–water partition coefficient (Wildman–Crippen LogP) is 2.57. The first-order valence-electron chi connectivity index (χ1n) is 4.33. The molecule has 0 saturated heterocycles. The molecule has 0 unspecified atom stereocenters. The highest BCUT2D eigenvalue weighted by molar-refractivity contribution is 5.91. The molecular formula is C10H16O. The SMILES string of the molecule is CC(C)C1=CC(=O)C[C@H](C)C1. The van der Waals surface area contributed by atoms with Crippen LogP contribution in [0.25, 0.3) is 0 Å². The lowest BCUT2D eigenvalue weighted by Crippen LogP contribution is -2.13. The Morgan fingerprint density at radius 2 is 2.09 bits per heavy atom. The fraction of sp³-hybridized carbons (Fsp3) is 0.700. The largest absolute Gasteiger partial charge is 0.295 e. The van der Waals surface area contributed by atoms with Crippen LogP contribution in [0.3, 0.4) is 0 Å². The van der Waals surface area contributed by atoms with Crippen molar-refractivity contribution in [3.8, 4) is 0 Å². The number of rotatable bonds is 1. The molecule has 1 atom stereocenters. The van der Waals surface area contributed by atoms with Crippen LogP contribution in [0.4, 0.5) is 0 Å². The van der Waals surface area contributed by atoms with Gasteiger partial charge < -0.3 is 0 Å². The third kappa shape index (κ3) is 2.18. The smallest absolute Gasteiger partial charge is 0.155 e. The van der Waals surface area contributed by atoms with E-state index >= 15 is 0 Å². The van der Waals surface area contributed by atoms with Crippen LogP contribution < -0.4 is 0 Å². The molecule has 0 spiro atoms. The Kier molecular flexibility index (Phi) is 2.48. The van der Waals surface area contributed by atoms with Crippen molar-refractivity contribution >= 4 is 5.78 Å². The number of allylic oxidation sites excluding steroid dienone is 2. The zero-order valence-electron chi connectivity index (χ0n) is 7.55. The molecule has 0 aromatic carbocycles. The van der Waals surface area contributed by atoms with Crippen molar-refractivity contribution in [3.05, 3.63) is 11.6 Å². The summed E-state index contributed by atoms with van der Waals surface area (Å²) in [6.45, 7) is 6.45. The second kappa shape index (κ2) is 3.21. The molecule has 62 valence electrons. The summed E-state index contributed by atoms with van der Waals surface area (Å²) in [5.41, 5.74) is 1.33. The Labute approximate surface area is 68.5 Å². The molecule has 0 amide bonds. The molecule has 1 aliphatic rings. The second-order valence-corrected chi connectivity index (χ2v) is 3.85. The maximum atomic E-state index is 11.1. The van der Waals surface area contributed by atoms with Crippen LogP contribution in [0.5, 0.6) is 0 Å². The molecule has 0 radical (unpaired) electrons. The Morgan fingerprint density at radius 1 is 1.45 bits per heavy atom. The lowest BCUT2D eigenvalue weighted by Gasteiger charge is -2.20. The van der Waals surface area contributed by atoms with Crippen molar-refractivity contribution < 1.29 is 4.79 Å². The van der Waals surface area contributed by atoms with Gasteiger partial charge in [0, 0.05) is 6.42 Å². The first-order chi connectivity index (χ1) is 5.09. The van der Waals surface area contributed by atoms with Crippen molar-refractivity contribution in [3.63, 3.8) is 0 Å². The average molecular weight is 152 g/mol. The Bertz CT molecular complexity index is 189. The molecule has 0 fully saturated rings. The lowest BCUT2D eigenvalue weighted by atomic mass is 9.84. The first kappa shape index (κ1) is 8.51. The van der Waals surface area contributed by atoms with Crippen LogP contribution in [-0.2, 0) is 4.79 Å². The first-order valence-corrected chi connectivity index (χ1v) is 4.33. The van der Waals surface area contributed by atoms with Gasteiger partial charge in [-0.3, -0.25) is 4.79 Å². The van der Waals surface area contributed by atoms with Gasteiger partial charge in [0.1, 0.15) is 0 Å². The van der Waals surface area contributed by atoms with Gasteiger partial charge in [0.05, 0.1) is 0 Å². The molecule has 0 heterocycles. The monoisotopic (exact) mass is 152 g/mol. The molecule has 0 N–H and O–H groups in total. The van der Waals surface area contributed by atoms with Crippen molar-refractivity contribution in [1.82, 2.24) is 0 Å². The van der Waals surface area contributed by atoms with E-state index in [1.54, 1.807) is 0 Å². The molecule has 0 aromatic rings. The van der Waals surface area contributed by atoms with E-state index in [1.165, 1.54) is 5.57 Å². The van der Waals surface area contributed by atoms with Gasteiger partial charge in [0.25, 0.3) is 0 Å². The zero-order valence-corrected chi connectivity index (χ0v) is 7.55. The minimum atomic E-state index is 0.312. The molecule has 1 heteroatoms. The topological polar surface area (TPSA) is 17.1 Å². The third-order valence-corrected chi connectivity index (χ3v) is 2.22. The molecule has 1 rings (SSSR count). The quantitative estimate of drug-likeness (QED) is 0.564. The van der Waals surface area contributed by atoms with Crippen LogP contribution in [0, 0.1) is 11.8 Å². The average Bonchev–Trinajstić information content (AvgIpc) is 1.85. The summed E-state index contributed by atoms with van der Waals surface area (Å²) in [5.74, 6) is 1.42. The number of hydrogen-bond donors (Lipinski definition) is 0. The minimum absolute atomic E-state index is 0.312. The molecular weight excluding hydrogens is 136 g/mol. The van der Waals surface area contributed by atoms with Crippen LogP contribution in [0.15, 0.2) is 11.6 Å². The Morgan fingerprint density at radius 3 is 2.55 bits per heavy atom. The van der Waals surface area contributed by atoms with E-state index in [0.29, 0.717) is 17.6 Å². The molecule has 1 nitrogen and oxygen atoms in total. The van der Waals surface area contributed by atoms with Crippen LogP contribution >= 0.6 is 0 Å². The molecule has 0 aliphatic heterocycles. The van der Waals surface area contributed by atoms with Crippen LogP contribution in [0.2, 0.25) is 0 Å². The van der Waals surface area contributed by atoms with Gasteiger partial charge in [-0.05, 0) is 24.3 Å². The summed E-state index contributed by atoms with van der Waals surface area (Å²) in [6, 6.07) is 0. The zero-order chi connectivity index (χ0) is 8.43. The normalized spacial score (nSPS) is 25.6. The maximum Gasteiger partial charge on any atom is 0.155 e. The summed E-state index contributed by atoms with van der Waals surface area (Å²) < 4.78 is 0. The summed E-state index contributed by atoms with van der Waals surface area (Å²) in [5, 5.41) is 0. The Balaban J connectivity index is 2.72. The van der Waals surface area contributed by atoms with Gasteiger partial charge in [-0.1, -0.05) is 26.3 Å². The highest BCUT2D eigenvalue weighted by Gasteiger charge is 2.17. The third-order valence-electron chi connectivity index (χ3n) is 2.22. The van der Waals surface area contributed by atoms with E-state index in [2.05, 4.69) is 20.8 Å². The number of carbonyl (C=O) groups is 1. The van der Waals surface area contributed by atoms with E-state index in [9.17, 15) is 4.79 Å². The van der Waals surface area contributed by atoms with Crippen molar-refractivity contribution in [1.29, 1.82) is 0 Å². The predicted molar refractivity (Wildman–Crippen MR) is 46.3 cm³/mol. The summed E-state index contributed by atoms with van der Waals surface area (Å²) in [7, 11) is 0.